The molecule has 3 N–H and O–H groups in total. The quantitative estimate of drug-likeness (QED) is 0.376. The van der Waals surface area contributed by atoms with Crippen molar-refractivity contribution in [3.8, 4) is 0 Å². The van der Waals surface area contributed by atoms with E-state index in [0.29, 0.717) is 17.8 Å². The lowest BCUT2D eigenvalue weighted by molar-refractivity contribution is -0.313. The predicted octanol–water partition coefficient (Wildman–Crippen LogP) is 2.25. The lowest BCUT2D eigenvalue weighted by atomic mass is 9.48. The van der Waals surface area contributed by atoms with Crippen molar-refractivity contribution in [3.05, 3.63) is 11.6 Å². The van der Waals surface area contributed by atoms with E-state index in [0.717, 1.165) is 51.4 Å². The highest BCUT2D eigenvalue weighted by molar-refractivity contribution is 5.75. The number of ether oxygens (including phenoxy) is 4. The van der Waals surface area contributed by atoms with Crippen LogP contribution in [0.1, 0.15) is 72.1 Å². The second-order valence-corrected chi connectivity index (χ2v) is 12.4. The van der Waals surface area contributed by atoms with Crippen molar-refractivity contribution in [2.24, 2.45) is 28.6 Å². The van der Waals surface area contributed by atoms with Gasteiger partial charge in [0.05, 0.1) is 13.2 Å². The van der Waals surface area contributed by atoms with Gasteiger partial charge in [-0.2, -0.15) is 0 Å². The Morgan fingerprint density at radius 2 is 1.76 bits per heavy atom. The summed E-state index contributed by atoms with van der Waals surface area (Å²) < 4.78 is 22.2. The second kappa shape index (κ2) is 9.90. The van der Waals surface area contributed by atoms with Crippen molar-refractivity contribution in [3.63, 3.8) is 0 Å². The molecule has 9 heteroatoms. The smallest absolute Gasteiger partial charge is 0.337 e. The summed E-state index contributed by atoms with van der Waals surface area (Å²) in [5.41, 5.74) is 1.44. The van der Waals surface area contributed by atoms with Crippen molar-refractivity contribution >= 4 is 11.9 Å². The van der Waals surface area contributed by atoms with Gasteiger partial charge in [0.15, 0.2) is 12.4 Å². The van der Waals surface area contributed by atoms with Crippen molar-refractivity contribution in [1.82, 2.24) is 0 Å². The molecule has 5 aliphatic rings. The number of methoxy groups -OCH3 is 1. The van der Waals surface area contributed by atoms with Gasteiger partial charge >= 0.3 is 11.9 Å². The molecule has 12 atom stereocenters. The van der Waals surface area contributed by atoms with Gasteiger partial charge in [0.2, 0.25) is 0 Å². The van der Waals surface area contributed by atoms with Crippen LogP contribution in [0.5, 0.6) is 0 Å². The minimum Gasteiger partial charge on any atom is -0.467 e. The highest BCUT2D eigenvalue weighted by atomic mass is 16.7. The number of hydrogen-bond donors (Lipinski definition) is 3. The highest BCUT2D eigenvalue weighted by Gasteiger charge is 2.60. The van der Waals surface area contributed by atoms with E-state index < -0.39 is 36.7 Å². The monoisotopic (exact) mass is 522 g/mol. The van der Waals surface area contributed by atoms with Crippen molar-refractivity contribution in [1.29, 1.82) is 0 Å². The van der Waals surface area contributed by atoms with E-state index in [1.54, 1.807) is 0 Å². The number of aliphatic hydroxyl groups is 3. The van der Waals surface area contributed by atoms with Crippen LogP contribution in [-0.2, 0) is 28.5 Å². The second-order valence-electron chi connectivity index (χ2n) is 12.4. The Hall–Kier alpha value is -1.52. The Morgan fingerprint density at radius 3 is 2.46 bits per heavy atom. The number of allylic oxidation sites excluding steroid dienone is 1. The molecule has 3 saturated carbocycles. The van der Waals surface area contributed by atoms with Crippen LogP contribution in [0.4, 0.5) is 0 Å². The number of fused-ring (bicyclic) bond motifs is 5. The van der Waals surface area contributed by atoms with Crippen LogP contribution in [0.15, 0.2) is 11.6 Å². The number of rotatable bonds is 4. The minimum absolute atomic E-state index is 0.0175. The van der Waals surface area contributed by atoms with Crippen LogP contribution in [0, 0.1) is 28.6 Å². The molecule has 1 aliphatic heterocycles. The predicted molar refractivity (Wildman–Crippen MR) is 131 cm³/mol. The van der Waals surface area contributed by atoms with E-state index in [1.807, 2.05) is 0 Å². The Balaban J connectivity index is 1.31. The zero-order chi connectivity index (χ0) is 26.7. The maximum atomic E-state index is 12.1. The molecule has 0 aromatic heterocycles. The normalized spacial score (nSPS) is 49.2. The summed E-state index contributed by atoms with van der Waals surface area (Å²) in [6, 6.07) is 0. The molecular weight excluding hydrogens is 480 g/mol. The highest BCUT2D eigenvalue weighted by Crippen LogP contribution is 2.65. The third-order valence-corrected chi connectivity index (χ3v) is 10.6. The van der Waals surface area contributed by atoms with Crippen molar-refractivity contribution < 1.29 is 43.9 Å². The number of esters is 2. The molecule has 1 heterocycles. The standard InChI is InChI=1S/C28H42O9/c1-14(29)35-16-9-11-27(2)15(13-16)5-6-17-18-7-8-20(28(18,3)12-10-19(17)27)36-26-23(32)21(30)22(31)24(37-26)25(33)34-4/h5,16-24,26,30-32H,6-13H2,1-4H3/t16-,17?,18?,19?,20-,21+,22+,23-,24+,26-,27+,28+/m1/s1. The third kappa shape index (κ3) is 4.44. The first kappa shape index (κ1) is 27.1. The molecule has 0 aromatic rings. The molecule has 0 spiro atoms. The van der Waals surface area contributed by atoms with E-state index in [2.05, 4.69) is 19.9 Å². The van der Waals surface area contributed by atoms with Crippen LogP contribution in [0.25, 0.3) is 0 Å². The molecule has 4 aliphatic carbocycles. The fourth-order valence-electron chi connectivity index (χ4n) is 8.57. The summed E-state index contributed by atoms with van der Waals surface area (Å²) in [5.74, 6) is 0.521. The zero-order valence-electron chi connectivity index (χ0n) is 22.3. The average Bonchev–Trinajstić information content (AvgIpc) is 3.19. The topological polar surface area (TPSA) is 132 Å². The molecular formula is C28H42O9. The van der Waals surface area contributed by atoms with Crippen LogP contribution in [0.2, 0.25) is 0 Å². The van der Waals surface area contributed by atoms with Gasteiger partial charge in [-0.05, 0) is 73.5 Å². The largest absolute Gasteiger partial charge is 0.467 e. The fraction of sp³-hybridized carbons (Fsp3) is 0.857. The molecule has 37 heavy (non-hydrogen) atoms. The lowest BCUT2D eigenvalue weighted by Gasteiger charge is -2.58. The third-order valence-electron chi connectivity index (χ3n) is 10.6. The first-order valence-corrected chi connectivity index (χ1v) is 13.8. The summed E-state index contributed by atoms with van der Waals surface area (Å²) in [6.45, 7) is 6.15. The van der Waals surface area contributed by atoms with Gasteiger partial charge < -0.3 is 34.3 Å². The van der Waals surface area contributed by atoms with E-state index >= 15 is 0 Å². The molecule has 5 rings (SSSR count). The van der Waals surface area contributed by atoms with Gasteiger partial charge in [-0.3, -0.25) is 4.79 Å². The van der Waals surface area contributed by atoms with Crippen LogP contribution in [0.3, 0.4) is 0 Å². The van der Waals surface area contributed by atoms with Gasteiger partial charge in [0.1, 0.15) is 24.4 Å². The van der Waals surface area contributed by atoms with E-state index in [-0.39, 0.29) is 29.0 Å². The Morgan fingerprint density at radius 1 is 1.00 bits per heavy atom. The van der Waals surface area contributed by atoms with Gasteiger partial charge in [-0.25, -0.2) is 4.79 Å². The Bertz CT molecular complexity index is 935. The van der Waals surface area contributed by atoms with Gasteiger partial charge in [-0.1, -0.05) is 25.5 Å². The van der Waals surface area contributed by atoms with Crippen LogP contribution < -0.4 is 0 Å². The summed E-state index contributed by atoms with van der Waals surface area (Å²) in [4.78, 5) is 23.6. The van der Waals surface area contributed by atoms with Gasteiger partial charge in [-0.15, -0.1) is 0 Å². The zero-order valence-corrected chi connectivity index (χ0v) is 22.3. The molecule has 1 saturated heterocycles. The van der Waals surface area contributed by atoms with Crippen molar-refractivity contribution in [2.45, 2.75) is 115 Å². The average molecular weight is 523 g/mol. The minimum atomic E-state index is -1.59. The maximum absolute atomic E-state index is 12.1. The van der Waals surface area contributed by atoms with Gasteiger partial charge in [0.25, 0.3) is 0 Å². The summed E-state index contributed by atoms with van der Waals surface area (Å²) in [7, 11) is 1.18. The van der Waals surface area contributed by atoms with Crippen molar-refractivity contribution in [2.75, 3.05) is 7.11 Å². The summed E-state index contributed by atoms with van der Waals surface area (Å²) in [5, 5.41) is 31.2. The van der Waals surface area contributed by atoms with Gasteiger partial charge in [0, 0.05) is 13.3 Å². The van der Waals surface area contributed by atoms with Crippen LogP contribution in [-0.4, -0.2) is 77.3 Å². The molecule has 0 radical (unpaired) electrons. The number of carbonyl (C=O) groups excluding carboxylic acids is 2. The lowest BCUT2D eigenvalue weighted by Crippen LogP contribution is -2.61. The maximum Gasteiger partial charge on any atom is 0.337 e. The number of carbonyl (C=O) groups is 2. The molecule has 208 valence electrons. The molecule has 0 bridgehead atoms. The van der Waals surface area contributed by atoms with E-state index in [1.165, 1.54) is 19.6 Å². The first-order chi connectivity index (χ1) is 17.5. The number of aliphatic hydroxyl groups excluding tert-OH is 3. The molecule has 3 unspecified atom stereocenters. The summed E-state index contributed by atoms with van der Waals surface area (Å²) >= 11 is 0. The SMILES string of the molecule is COC(=O)[C@H]1O[C@@H](O[C@@H]2CCC3C4CC=C5C[C@H](OC(C)=O)CC[C@]5(C)C4CC[C@@]32C)[C@H](O)[C@@H](O)[C@@H]1O. The van der Waals surface area contributed by atoms with E-state index in [9.17, 15) is 24.9 Å². The first-order valence-electron chi connectivity index (χ1n) is 13.8. The molecule has 0 aromatic carbocycles. The Kier molecular flexibility index (Phi) is 7.24. The molecule has 4 fully saturated rings. The number of hydrogen-bond acceptors (Lipinski definition) is 9. The van der Waals surface area contributed by atoms with E-state index in [4.69, 9.17) is 18.9 Å². The molecule has 9 nitrogen and oxygen atoms in total. The molecule has 0 amide bonds. The fourth-order valence-corrected chi connectivity index (χ4v) is 8.57. The Labute approximate surface area is 218 Å². The van der Waals surface area contributed by atoms with Crippen LogP contribution >= 0.6 is 0 Å². The summed E-state index contributed by atoms with van der Waals surface area (Å²) in [6.07, 6.45) is 2.53.